The number of anilines is 2. The lowest BCUT2D eigenvalue weighted by Gasteiger charge is -2.09. The number of rotatable bonds is 2. The van der Waals surface area contributed by atoms with E-state index in [0.29, 0.717) is 11.4 Å². The van der Waals surface area contributed by atoms with Gasteiger partial charge in [0.25, 0.3) is 5.91 Å². The molecule has 3 N–H and O–H groups in total. The Morgan fingerprint density at radius 2 is 2.11 bits per heavy atom. The monoisotopic (exact) mass is 244 g/mol. The molecule has 1 amide bonds. The molecular weight excluding hydrogens is 228 g/mol. The molecule has 1 heterocycles. The lowest BCUT2D eigenvalue weighted by atomic mass is 10.1. The van der Waals surface area contributed by atoms with E-state index in [-0.39, 0.29) is 5.91 Å². The maximum Gasteiger partial charge on any atom is 0.261 e. The number of aromatic nitrogens is 2. The largest absolute Gasteiger partial charge is 0.383 e. The molecule has 0 saturated heterocycles. The highest BCUT2D eigenvalue weighted by Gasteiger charge is 2.14. The van der Waals surface area contributed by atoms with Crippen LogP contribution in [0.15, 0.2) is 24.4 Å². The lowest BCUT2D eigenvalue weighted by Crippen LogP contribution is -2.14. The highest BCUT2D eigenvalue weighted by molar-refractivity contribution is 6.07. The Hall–Kier alpha value is -2.30. The van der Waals surface area contributed by atoms with Gasteiger partial charge in [0.2, 0.25) is 0 Å². The summed E-state index contributed by atoms with van der Waals surface area (Å²) >= 11 is 0. The van der Waals surface area contributed by atoms with Crippen molar-refractivity contribution in [3.8, 4) is 0 Å². The van der Waals surface area contributed by atoms with Crippen molar-refractivity contribution in [3.05, 3.63) is 41.1 Å². The van der Waals surface area contributed by atoms with Gasteiger partial charge in [-0.3, -0.25) is 9.48 Å². The topological polar surface area (TPSA) is 72.9 Å². The summed E-state index contributed by atoms with van der Waals surface area (Å²) in [5.41, 5.74) is 9.13. The van der Waals surface area contributed by atoms with E-state index in [4.69, 9.17) is 5.73 Å². The average molecular weight is 244 g/mol. The molecule has 94 valence electrons. The van der Waals surface area contributed by atoms with Gasteiger partial charge in [-0.2, -0.15) is 5.10 Å². The zero-order valence-electron chi connectivity index (χ0n) is 10.7. The molecule has 5 heteroatoms. The van der Waals surface area contributed by atoms with Crippen LogP contribution >= 0.6 is 0 Å². The summed E-state index contributed by atoms with van der Waals surface area (Å²) in [6, 6.07) is 5.78. The van der Waals surface area contributed by atoms with Gasteiger partial charge in [-0.1, -0.05) is 12.1 Å². The van der Waals surface area contributed by atoms with Gasteiger partial charge in [0.15, 0.2) is 0 Å². The molecule has 0 unspecified atom stereocenters. The summed E-state index contributed by atoms with van der Waals surface area (Å²) in [5, 5.41) is 6.80. The second kappa shape index (κ2) is 4.52. The van der Waals surface area contributed by atoms with Crippen molar-refractivity contribution in [1.29, 1.82) is 0 Å². The van der Waals surface area contributed by atoms with Crippen molar-refractivity contribution in [2.24, 2.45) is 7.05 Å². The molecule has 18 heavy (non-hydrogen) atoms. The van der Waals surface area contributed by atoms with Crippen LogP contribution < -0.4 is 11.1 Å². The highest BCUT2D eigenvalue weighted by atomic mass is 16.1. The normalized spacial score (nSPS) is 10.4. The molecule has 0 saturated carbocycles. The van der Waals surface area contributed by atoms with E-state index in [0.717, 1.165) is 16.8 Å². The number of amides is 1. The summed E-state index contributed by atoms with van der Waals surface area (Å²) in [7, 11) is 1.70. The maximum absolute atomic E-state index is 12.1. The van der Waals surface area contributed by atoms with E-state index < -0.39 is 0 Å². The van der Waals surface area contributed by atoms with Gasteiger partial charge in [-0.25, -0.2) is 0 Å². The number of nitrogens with two attached hydrogens (primary N) is 1. The third-order valence-corrected chi connectivity index (χ3v) is 3.08. The molecule has 0 atom stereocenters. The molecule has 0 fully saturated rings. The van der Waals surface area contributed by atoms with Crippen LogP contribution in [0.2, 0.25) is 0 Å². The predicted molar refractivity (Wildman–Crippen MR) is 71.5 cm³/mol. The summed E-state index contributed by atoms with van der Waals surface area (Å²) in [6.45, 7) is 3.97. The second-order valence-corrected chi connectivity index (χ2v) is 4.27. The summed E-state index contributed by atoms with van der Waals surface area (Å²) in [6.07, 6.45) is 1.47. The average Bonchev–Trinajstić information content (AvgIpc) is 2.66. The molecule has 5 nitrogen and oxygen atoms in total. The Bertz CT molecular complexity index is 601. The van der Waals surface area contributed by atoms with Crippen LogP contribution in [-0.2, 0) is 7.05 Å². The van der Waals surface area contributed by atoms with Gasteiger partial charge >= 0.3 is 0 Å². The number of carbonyl (C=O) groups is 1. The van der Waals surface area contributed by atoms with Gasteiger partial charge in [-0.05, 0) is 31.0 Å². The molecule has 0 aliphatic rings. The number of hydrogen-bond acceptors (Lipinski definition) is 3. The standard InChI is InChI=1S/C13H16N4O/c1-8-5-4-6-11(9(8)2)16-13(18)10-7-15-17(3)12(10)14/h4-7H,14H2,1-3H3,(H,16,18). The quantitative estimate of drug-likeness (QED) is 0.847. The fourth-order valence-electron chi connectivity index (χ4n) is 1.70. The molecule has 0 aliphatic carbocycles. The van der Waals surface area contributed by atoms with E-state index in [1.54, 1.807) is 7.05 Å². The van der Waals surface area contributed by atoms with Crippen molar-refractivity contribution in [2.45, 2.75) is 13.8 Å². The van der Waals surface area contributed by atoms with Gasteiger partial charge in [0, 0.05) is 12.7 Å². The molecule has 2 rings (SSSR count). The van der Waals surface area contributed by atoms with Gasteiger partial charge in [-0.15, -0.1) is 0 Å². The molecule has 0 radical (unpaired) electrons. The minimum atomic E-state index is -0.241. The molecule has 0 spiro atoms. The number of carbonyl (C=O) groups excluding carboxylic acids is 1. The SMILES string of the molecule is Cc1cccc(NC(=O)c2cnn(C)c2N)c1C. The Morgan fingerprint density at radius 3 is 2.72 bits per heavy atom. The summed E-state index contributed by atoms with van der Waals surface area (Å²) < 4.78 is 1.47. The zero-order chi connectivity index (χ0) is 13.3. The molecule has 1 aromatic carbocycles. The molecule has 0 bridgehead atoms. The van der Waals surface area contributed by atoms with Crippen molar-refractivity contribution in [1.82, 2.24) is 9.78 Å². The van der Waals surface area contributed by atoms with Crippen LogP contribution in [-0.4, -0.2) is 15.7 Å². The van der Waals surface area contributed by atoms with E-state index in [2.05, 4.69) is 10.4 Å². The third-order valence-electron chi connectivity index (χ3n) is 3.08. The first kappa shape index (κ1) is 12.2. The van der Waals surface area contributed by atoms with Gasteiger partial charge < -0.3 is 11.1 Å². The van der Waals surface area contributed by atoms with Crippen molar-refractivity contribution in [2.75, 3.05) is 11.1 Å². The maximum atomic E-state index is 12.1. The van der Waals surface area contributed by atoms with E-state index in [1.165, 1.54) is 10.9 Å². The first-order valence-electron chi connectivity index (χ1n) is 5.65. The minimum absolute atomic E-state index is 0.241. The fraction of sp³-hybridized carbons (Fsp3) is 0.231. The summed E-state index contributed by atoms with van der Waals surface area (Å²) in [5.74, 6) is 0.118. The predicted octanol–water partition coefficient (Wildman–Crippen LogP) is 1.87. The first-order chi connectivity index (χ1) is 8.50. The van der Waals surface area contributed by atoms with Crippen LogP contribution in [0.5, 0.6) is 0 Å². The Balaban J connectivity index is 2.27. The minimum Gasteiger partial charge on any atom is -0.383 e. The van der Waals surface area contributed by atoms with Crippen LogP contribution in [0, 0.1) is 13.8 Å². The van der Waals surface area contributed by atoms with Crippen LogP contribution in [0.1, 0.15) is 21.5 Å². The van der Waals surface area contributed by atoms with Crippen molar-refractivity contribution >= 4 is 17.4 Å². The van der Waals surface area contributed by atoms with E-state index in [1.807, 2.05) is 32.0 Å². The van der Waals surface area contributed by atoms with Gasteiger partial charge in [0.05, 0.1) is 6.20 Å². The van der Waals surface area contributed by atoms with E-state index in [9.17, 15) is 4.79 Å². The Morgan fingerprint density at radius 1 is 1.39 bits per heavy atom. The van der Waals surface area contributed by atoms with Crippen molar-refractivity contribution in [3.63, 3.8) is 0 Å². The number of nitrogens with one attached hydrogen (secondary N) is 1. The number of nitrogens with zero attached hydrogens (tertiary/aromatic N) is 2. The number of aryl methyl sites for hydroxylation is 2. The van der Waals surface area contributed by atoms with Gasteiger partial charge in [0.1, 0.15) is 11.4 Å². The molecule has 2 aromatic rings. The number of hydrogen-bond donors (Lipinski definition) is 2. The Kier molecular flexibility index (Phi) is 3.06. The van der Waals surface area contributed by atoms with Crippen LogP contribution in [0.25, 0.3) is 0 Å². The van der Waals surface area contributed by atoms with Crippen LogP contribution in [0.4, 0.5) is 11.5 Å². The smallest absolute Gasteiger partial charge is 0.261 e. The van der Waals surface area contributed by atoms with Crippen LogP contribution in [0.3, 0.4) is 0 Å². The third kappa shape index (κ3) is 2.07. The van der Waals surface area contributed by atoms with Crippen molar-refractivity contribution < 1.29 is 4.79 Å². The highest BCUT2D eigenvalue weighted by Crippen LogP contribution is 2.19. The number of nitrogen functional groups attached to an aromatic ring is 1. The number of benzene rings is 1. The molecule has 0 aliphatic heterocycles. The Labute approximate surface area is 106 Å². The lowest BCUT2D eigenvalue weighted by molar-refractivity contribution is 0.102. The summed E-state index contributed by atoms with van der Waals surface area (Å²) in [4.78, 5) is 12.1. The second-order valence-electron chi connectivity index (χ2n) is 4.27. The molecule has 1 aromatic heterocycles. The molecular formula is C13H16N4O. The fourth-order valence-corrected chi connectivity index (χ4v) is 1.70. The van der Waals surface area contributed by atoms with E-state index >= 15 is 0 Å². The zero-order valence-corrected chi connectivity index (χ0v) is 10.7. The first-order valence-corrected chi connectivity index (χ1v) is 5.65.